The van der Waals surface area contributed by atoms with Crippen LogP contribution < -0.4 is 5.32 Å². The number of benzene rings is 1. The van der Waals surface area contributed by atoms with E-state index in [2.05, 4.69) is 16.9 Å². The molecule has 2 aromatic rings. The standard InChI is InChI=1S/C13H10ClN3OS/c1-2-5-16-12(18)9(7-15)13-17-10-6-8(14)3-4-11(10)19-13/h2-4,6,9H,1,5H2,(H,16,18)/t9-/m1/s1. The van der Waals surface area contributed by atoms with Crippen molar-refractivity contribution in [2.75, 3.05) is 6.54 Å². The third-order valence-electron chi connectivity index (χ3n) is 2.43. The van der Waals surface area contributed by atoms with Crippen molar-refractivity contribution < 1.29 is 4.79 Å². The largest absolute Gasteiger partial charge is 0.351 e. The van der Waals surface area contributed by atoms with Gasteiger partial charge in [0.1, 0.15) is 5.01 Å². The first-order valence-electron chi connectivity index (χ1n) is 5.50. The molecule has 0 aliphatic rings. The molecule has 0 saturated carbocycles. The van der Waals surface area contributed by atoms with Crippen molar-refractivity contribution in [3.63, 3.8) is 0 Å². The minimum Gasteiger partial charge on any atom is -0.351 e. The Morgan fingerprint density at radius 2 is 2.47 bits per heavy atom. The highest BCUT2D eigenvalue weighted by Gasteiger charge is 2.23. The van der Waals surface area contributed by atoms with Gasteiger partial charge in [-0.3, -0.25) is 4.79 Å². The number of hydrogen-bond donors (Lipinski definition) is 1. The molecule has 96 valence electrons. The van der Waals surface area contributed by atoms with E-state index in [1.165, 1.54) is 11.3 Å². The first-order valence-corrected chi connectivity index (χ1v) is 6.69. The molecule has 1 aromatic carbocycles. The van der Waals surface area contributed by atoms with E-state index in [1.807, 2.05) is 12.1 Å². The zero-order valence-electron chi connectivity index (χ0n) is 9.89. The van der Waals surface area contributed by atoms with Gasteiger partial charge in [-0.05, 0) is 18.2 Å². The number of fused-ring (bicyclic) bond motifs is 1. The second-order valence-corrected chi connectivity index (χ2v) is 5.26. The monoisotopic (exact) mass is 291 g/mol. The maximum atomic E-state index is 11.8. The van der Waals surface area contributed by atoms with Crippen LogP contribution in [0.2, 0.25) is 5.02 Å². The second-order valence-electron chi connectivity index (χ2n) is 3.76. The van der Waals surface area contributed by atoms with Gasteiger partial charge in [0.05, 0.1) is 16.3 Å². The maximum Gasteiger partial charge on any atom is 0.244 e. The molecule has 1 amide bonds. The fourth-order valence-corrected chi connectivity index (χ4v) is 2.70. The average Bonchev–Trinajstić information content (AvgIpc) is 2.79. The van der Waals surface area contributed by atoms with Gasteiger partial charge in [0.25, 0.3) is 0 Å². The van der Waals surface area contributed by atoms with Gasteiger partial charge >= 0.3 is 0 Å². The summed E-state index contributed by atoms with van der Waals surface area (Å²) in [4.78, 5) is 16.1. The van der Waals surface area contributed by atoms with E-state index in [4.69, 9.17) is 16.9 Å². The van der Waals surface area contributed by atoms with Crippen molar-refractivity contribution in [3.8, 4) is 6.07 Å². The van der Waals surface area contributed by atoms with Crippen LogP contribution in [0.25, 0.3) is 10.2 Å². The lowest BCUT2D eigenvalue weighted by Gasteiger charge is -2.05. The molecule has 2 rings (SSSR count). The van der Waals surface area contributed by atoms with Gasteiger partial charge < -0.3 is 5.32 Å². The summed E-state index contributed by atoms with van der Waals surface area (Å²) in [7, 11) is 0. The fourth-order valence-electron chi connectivity index (χ4n) is 1.54. The third-order valence-corrected chi connectivity index (χ3v) is 3.76. The lowest BCUT2D eigenvalue weighted by atomic mass is 10.1. The Morgan fingerprint density at radius 1 is 1.68 bits per heavy atom. The maximum absolute atomic E-state index is 11.8. The van der Waals surface area contributed by atoms with E-state index in [-0.39, 0.29) is 5.91 Å². The summed E-state index contributed by atoms with van der Waals surface area (Å²) < 4.78 is 0.899. The van der Waals surface area contributed by atoms with Crippen LogP contribution in [-0.4, -0.2) is 17.4 Å². The molecule has 6 heteroatoms. The van der Waals surface area contributed by atoms with Gasteiger partial charge in [-0.15, -0.1) is 17.9 Å². The van der Waals surface area contributed by atoms with E-state index in [9.17, 15) is 4.79 Å². The Bertz CT molecular complexity index is 674. The molecule has 1 N–H and O–H groups in total. The van der Waals surface area contributed by atoms with Crippen LogP contribution >= 0.6 is 22.9 Å². The number of thiazole rings is 1. The number of rotatable bonds is 4. The van der Waals surface area contributed by atoms with Crippen LogP contribution in [-0.2, 0) is 4.79 Å². The number of hydrogen-bond acceptors (Lipinski definition) is 4. The lowest BCUT2D eigenvalue weighted by molar-refractivity contribution is -0.121. The number of nitrogens with one attached hydrogen (secondary N) is 1. The molecule has 19 heavy (non-hydrogen) atoms. The molecule has 0 bridgehead atoms. The Kier molecular flexibility index (Phi) is 4.15. The van der Waals surface area contributed by atoms with Crippen molar-refractivity contribution in [2.24, 2.45) is 0 Å². The first kappa shape index (κ1) is 13.5. The quantitative estimate of drug-likeness (QED) is 0.881. The molecule has 1 atom stereocenters. The molecular weight excluding hydrogens is 282 g/mol. The number of nitriles is 1. The minimum absolute atomic E-state index is 0.327. The molecule has 0 aliphatic carbocycles. The molecule has 0 saturated heterocycles. The molecule has 0 unspecified atom stereocenters. The SMILES string of the molecule is C=CCNC(=O)[C@@H](C#N)c1nc2cc(Cl)ccc2s1. The summed E-state index contributed by atoms with van der Waals surface area (Å²) in [5.74, 6) is -1.27. The average molecular weight is 292 g/mol. The van der Waals surface area contributed by atoms with Crippen LogP contribution in [0, 0.1) is 11.3 Å². The van der Waals surface area contributed by atoms with Crippen LogP contribution in [0.3, 0.4) is 0 Å². The number of amides is 1. The minimum atomic E-state index is -0.906. The molecule has 0 radical (unpaired) electrons. The lowest BCUT2D eigenvalue weighted by Crippen LogP contribution is -2.28. The predicted octanol–water partition coefficient (Wildman–Crippen LogP) is 2.86. The van der Waals surface area contributed by atoms with Gasteiger partial charge in [0, 0.05) is 11.6 Å². The zero-order chi connectivity index (χ0) is 13.8. The first-order chi connectivity index (χ1) is 9.15. The predicted molar refractivity (Wildman–Crippen MR) is 76.2 cm³/mol. The van der Waals surface area contributed by atoms with Crippen molar-refractivity contribution in [3.05, 3.63) is 40.9 Å². The smallest absolute Gasteiger partial charge is 0.244 e. The highest BCUT2D eigenvalue weighted by Crippen LogP contribution is 2.29. The summed E-state index contributed by atoms with van der Waals surface area (Å²) >= 11 is 7.20. The molecule has 0 spiro atoms. The Labute approximate surface area is 119 Å². The number of halogens is 1. The summed E-state index contributed by atoms with van der Waals surface area (Å²) in [6.45, 7) is 3.84. The fraction of sp³-hybridized carbons (Fsp3) is 0.154. The summed E-state index contributed by atoms with van der Waals surface area (Å²) in [6, 6.07) is 7.27. The number of nitrogens with zero attached hydrogens (tertiary/aromatic N) is 2. The zero-order valence-corrected chi connectivity index (χ0v) is 11.5. The van der Waals surface area contributed by atoms with Gasteiger partial charge in [0.15, 0.2) is 5.92 Å². The summed E-state index contributed by atoms with van der Waals surface area (Å²) in [6.07, 6.45) is 1.56. The topological polar surface area (TPSA) is 65.8 Å². The van der Waals surface area contributed by atoms with Gasteiger partial charge in [-0.1, -0.05) is 17.7 Å². The number of aromatic nitrogens is 1. The van der Waals surface area contributed by atoms with Gasteiger partial charge in [0.2, 0.25) is 5.91 Å². The van der Waals surface area contributed by atoms with E-state index in [0.29, 0.717) is 22.1 Å². The van der Waals surface area contributed by atoms with Crippen LogP contribution in [0.4, 0.5) is 0 Å². The Hall–Kier alpha value is -1.90. The molecular formula is C13H10ClN3OS. The van der Waals surface area contributed by atoms with E-state index in [1.54, 1.807) is 18.2 Å². The molecule has 1 aromatic heterocycles. The Morgan fingerprint density at radius 3 is 3.16 bits per heavy atom. The third kappa shape index (κ3) is 2.92. The van der Waals surface area contributed by atoms with E-state index in [0.717, 1.165) is 4.70 Å². The highest BCUT2D eigenvalue weighted by atomic mass is 35.5. The molecule has 0 aliphatic heterocycles. The van der Waals surface area contributed by atoms with E-state index < -0.39 is 5.92 Å². The van der Waals surface area contributed by atoms with Crippen LogP contribution in [0.1, 0.15) is 10.9 Å². The van der Waals surface area contributed by atoms with E-state index >= 15 is 0 Å². The van der Waals surface area contributed by atoms with Crippen LogP contribution in [0.5, 0.6) is 0 Å². The van der Waals surface area contributed by atoms with Crippen molar-refractivity contribution in [1.29, 1.82) is 5.26 Å². The second kappa shape index (κ2) is 5.83. The molecule has 0 fully saturated rings. The van der Waals surface area contributed by atoms with Gasteiger partial charge in [-0.2, -0.15) is 5.26 Å². The normalized spacial score (nSPS) is 11.8. The molecule has 1 heterocycles. The van der Waals surface area contributed by atoms with Crippen molar-refractivity contribution >= 4 is 39.1 Å². The van der Waals surface area contributed by atoms with Crippen LogP contribution in [0.15, 0.2) is 30.9 Å². The van der Waals surface area contributed by atoms with Crippen molar-refractivity contribution in [1.82, 2.24) is 10.3 Å². The Balaban J connectivity index is 2.33. The number of carbonyl (C=O) groups excluding carboxylic acids is 1. The van der Waals surface area contributed by atoms with Gasteiger partial charge in [-0.25, -0.2) is 4.98 Å². The molecule has 4 nitrogen and oxygen atoms in total. The summed E-state index contributed by atoms with van der Waals surface area (Å²) in [5.41, 5.74) is 0.698. The van der Waals surface area contributed by atoms with Crippen molar-refractivity contribution in [2.45, 2.75) is 5.92 Å². The highest BCUT2D eigenvalue weighted by molar-refractivity contribution is 7.18. The number of carbonyl (C=O) groups is 1. The summed E-state index contributed by atoms with van der Waals surface area (Å²) in [5, 5.41) is 12.8.